The van der Waals surface area contributed by atoms with E-state index in [9.17, 15) is 14.4 Å². The first-order valence-electron chi connectivity index (χ1n) is 12.0. The van der Waals surface area contributed by atoms with Crippen molar-refractivity contribution in [2.75, 3.05) is 23.8 Å². The second-order valence-electron chi connectivity index (χ2n) is 8.25. The zero-order valence-electron chi connectivity index (χ0n) is 21.1. The number of anilines is 2. The molecule has 0 bridgehead atoms. The van der Waals surface area contributed by atoms with Crippen LogP contribution in [0.3, 0.4) is 0 Å². The molecule has 0 aliphatic rings. The minimum atomic E-state index is -0.906. The Labute approximate surface area is 229 Å². The summed E-state index contributed by atoms with van der Waals surface area (Å²) in [7, 11) is 0. The van der Waals surface area contributed by atoms with E-state index < -0.39 is 11.8 Å². The van der Waals surface area contributed by atoms with Crippen molar-refractivity contribution in [2.45, 2.75) is 26.7 Å². The van der Waals surface area contributed by atoms with Crippen LogP contribution in [0.1, 0.15) is 30.9 Å². The maximum absolute atomic E-state index is 12.1. The van der Waals surface area contributed by atoms with Gasteiger partial charge in [0, 0.05) is 15.8 Å². The second kappa shape index (κ2) is 14.5. The number of hydrazone groups is 1. The third-order valence-corrected chi connectivity index (χ3v) is 6.05. The first kappa shape index (κ1) is 28.4. The van der Waals surface area contributed by atoms with Gasteiger partial charge in [0.1, 0.15) is 11.5 Å². The standard InChI is InChI=1S/C28H29BrN4O5/c1-3-4-15-37-23-12-7-21(8-13-23)32-27(35)28(36)33-30-17-20-5-10-24(11-6-20)38-18-26(34)31-22-9-14-25(29)19(2)16-22/h5-14,16-17H,3-4,15,18H2,1-2H3,(H,31,34)(H,32,35)(H,33,36)/b30-17-. The lowest BCUT2D eigenvalue weighted by Gasteiger charge is -2.09. The third kappa shape index (κ3) is 9.36. The smallest absolute Gasteiger partial charge is 0.329 e. The fourth-order valence-corrected chi connectivity index (χ4v) is 3.34. The van der Waals surface area contributed by atoms with Crippen molar-refractivity contribution in [3.63, 3.8) is 0 Å². The van der Waals surface area contributed by atoms with Gasteiger partial charge < -0.3 is 20.1 Å². The van der Waals surface area contributed by atoms with E-state index in [1.165, 1.54) is 6.21 Å². The van der Waals surface area contributed by atoms with E-state index in [1.54, 1.807) is 54.6 Å². The van der Waals surface area contributed by atoms with Crippen molar-refractivity contribution in [3.05, 3.63) is 82.3 Å². The summed E-state index contributed by atoms with van der Waals surface area (Å²) in [4.78, 5) is 36.3. The normalized spacial score (nSPS) is 10.6. The number of aryl methyl sites for hydroxylation is 1. The van der Waals surface area contributed by atoms with Crippen LogP contribution in [0.4, 0.5) is 11.4 Å². The summed E-state index contributed by atoms with van der Waals surface area (Å²) in [5, 5.41) is 9.10. The Balaban J connectivity index is 1.40. The number of hydrogen-bond acceptors (Lipinski definition) is 6. The highest BCUT2D eigenvalue weighted by atomic mass is 79.9. The van der Waals surface area contributed by atoms with E-state index >= 15 is 0 Å². The van der Waals surface area contributed by atoms with E-state index in [4.69, 9.17) is 9.47 Å². The molecule has 10 heteroatoms. The van der Waals surface area contributed by atoms with Gasteiger partial charge in [0.15, 0.2) is 6.61 Å². The summed E-state index contributed by atoms with van der Waals surface area (Å²) < 4.78 is 12.1. The van der Waals surface area contributed by atoms with Crippen LogP contribution in [0, 0.1) is 6.92 Å². The Morgan fingerprint density at radius 2 is 1.53 bits per heavy atom. The van der Waals surface area contributed by atoms with Crippen molar-refractivity contribution >= 4 is 51.2 Å². The molecule has 3 amide bonds. The highest BCUT2D eigenvalue weighted by Crippen LogP contribution is 2.20. The van der Waals surface area contributed by atoms with Gasteiger partial charge >= 0.3 is 11.8 Å². The molecule has 3 aromatic rings. The van der Waals surface area contributed by atoms with Crippen LogP contribution in [0.15, 0.2) is 76.3 Å². The van der Waals surface area contributed by atoms with Crippen molar-refractivity contribution in [1.82, 2.24) is 5.43 Å². The number of hydrogen-bond donors (Lipinski definition) is 3. The van der Waals surface area contributed by atoms with Gasteiger partial charge in [0.25, 0.3) is 5.91 Å². The van der Waals surface area contributed by atoms with Crippen LogP contribution < -0.4 is 25.5 Å². The molecule has 3 aromatic carbocycles. The monoisotopic (exact) mass is 580 g/mol. The zero-order valence-corrected chi connectivity index (χ0v) is 22.7. The van der Waals surface area contributed by atoms with Gasteiger partial charge in [-0.3, -0.25) is 14.4 Å². The zero-order chi connectivity index (χ0) is 27.3. The minimum Gasteiger partial charge on any atom is -0.494 e. The highest BCUT2D eigenvalue weighted by Gasteiger charge is 2.13. The van der Waals surface area contributed by atoms with Gasteiger partial charge in [0.05, 0.1) is 12.8 Å². The molecule has 0 aromatic heterocycles. The molecular formula is C28H29BrN4O5. The van der Waals surface area contributed by atoms with Crippen molar-refractivity contribution in [2.24, 2.45) is 5.10 Å². The summed E-state index contributed by atoms with van der Waals surface area (Å²) in [5.74, 6) is -0.844. The summed E-state index contributed by atoms with van der Waals surface area (Å²) in [6, 6.07) is 19.0. The molecule has 9 nitrogen and oxygen atoms in total. The number of amides is 3. The summed E-state index contributed by atoms with van der Waals surface area (Å²) in [5.41, 5.74) is 5.01. The molecule has 3 N–H and O–H groups in total. The number of carbonyl (C=O) groups excluding carboxylic acids is 3. The average Bonchev–Trinajstić information content (AvgIpc) is 2.91. The first-order valence-corrected chi connectivity index (χ1v) is 12.8. The third-order valence-electron chi connectivity index (χ3n) is 5.16. The first-order chi connectivity index (χ1) is 18.3. The molecule has 198 valence electrons. The van der Waals surface area contributed by atoms with Crippen LogP contribution in [-0.4, -0.2) is 37.1 Å². The molecule has 0 unspecified atom stereocenters. The van der Waals surface area contributed by atoms with Crippen LogP contribution in [0.25, 0.3) is 0 Å². The summed E-state index contributed by atoms with van der Waals surface area (Å²) in [6.07, 6.45) is 3.39. The predicted octanol–water partition coefficient (Wildman–Crippen LogP) is 5.04. The van der Waals surface area contributed by atoms with Gasteiger partial charge in [-0.05, 0) is 91.2 Å². The second-order valence-corrected chi connectivity index (χ2v) is 9.10. The van der Waals surface area contributed by atoms with E-state index in [0.29, 0.717) is 35.0 Å². The molecule has 0 aliphatic carbocycles. The highest BCUT2D eigenvalue weighted by molar-refractivity contribution is 9.10. The Morgan fingerprint density at radius 3 is 2.21 bits per heavy atom. The van der Waals surface area contributed by atoms with E-state index in [-0.39, 0.29) is 12.5 Å². The van der Waals surface area contributed by atoms with Crippen LogP contribution in [-0.2, 0) is 14.4 Å². The fourth-order valence-electron chi connectivity index (χ4n) is 3.09. The number of rotatable bonds is 11. The largest absolute Gasteiger partial charge is 0.494 e. The van der Waals surface area contributed by atoms with E-state index in [1.807, 2.05) is 19.1 Å². The van der Waals surface area contributed by atoms with Gasteiger partial charge in [-0.2, -0.15) is 5.10 Å². The maximum atomic E-state index is 12.1. The molecule has 0 atom stereocenters. The topological polar surface area (TPSA) is 118 Å². The molecule has 0 aliphatic heterocycles. The van der Waals surface area contributed by atoms with Crippen LogP contribution in [0.5, 0.6) is 11.5 Å². The van der Waals surface area contributed by atoms with E-state index in [0.717, 1.165) is 22.9 Å². The molecule has 0 radical (unpaired) electrons. The fraction of sp³-hybridized carbons (Fsp3) is 0.214. The van der Waals surface area contributed by atoms with Gasteiger partial charge in [-0.25, -0.2) is 5.43 Å². The number of nitrogens with zero attached hydrogens (tertiary/aromatic N) is 1. The Hall–Kier alpha value is -4.18. The SMILES string of the molecule is CCCCOc1ccc(NC(=O)C(=O)N/N=C\c2ccc(OCC(=O)Nc3ccc(Br)c(C)c3)cc2)cc1. The number of unbranched alkanes of at least 4 members (excludes halogenated alkanes) is 1. The van der Waals surface area contributed by atoms with Gasteiger partial charge in [-0.1, -0.05) is 29.3 Å². The molecule has 0 fully saturated rings. The summed E-state index contributed by atoms with van der Waals surface area (Å²) >= 11 is 3.42. The van der Waals surface area contributed by atoms with Crippen LogP contribution >= 0.6 is 15.9 Å². The average molecular weight is 581 g/mol. The summed E-state index contributed by atoms with van der Waals surface area (Å²) in [6.45, 7) is 4.50. The lowest BCUT2D eigenvalue weighted by atomic mass is 10.2. The molecule has 0 heterocycles. The molecule has 38 heavy (non-hydrogen) atoms. The molecule has 0 saturated heterocycles. The number of benzene rings is 3. The molecule has 3 rings (SSSR count). The minimum absolute atomic E-state index is 0.150. The Bertz CT molecular complexity index is 1280. The maximum Gasteiger partial charge on any atom is 0.329 e. The molecular weight excluding hydrogens is 552 g/mol. The Kier molecular flexibility index (Phi) is 10.9. The lowest BCUT2D eigenvalue weighted by Crippen LogP contribution is -2.32. The number of nitrogens with one attached hydrogen (secondary N) is 3. The predicted molar refractivity (Wildman–Crippen MR) is 151 cm³/mol. The lowest BCUT2D eigenvalue weighted by molar-refractivity contribution is -0.136. The molecule has 0 spiro atoms. The van der Waals surface area contributed by atoms with Crippen molar-refractivity contribution in [1.29, 1.82) is 0 Å². The van der Waals surface area contributed by atoms with E-state index in [2.05, 4.69) is 44.0 Å². The van der Waals surface area contributed by atoms with Gasteiger partial charge in [-0.15, -0.1) is 0 Å². The quantitative estimate of drug-likeness (QED) is 0.127. The number of carbonyl (C=O) groups is 3. The molecule has 0 saturated carbocycles. The van der Waals surface area contributed by atoms with Gasteiger partial charge in [0.2, 0.25) is 0 Å². The van der Waals surface area contributed by atoms with Crippen LogP contribution in [0.2, 0.25) is 0 Å². The van der Waals surface area contributed by atoms with Crippen molar-refractivity contribution < 1.29 is 23.9 Å². The van der Waals surface area contributed by atoms with Crippen molar-refractivity contribution in [3.8, 4) is 11.5 Å². The number of ether oxygens (including phenoxy) is 2. The number of halogens is 1. The Morgan fingerprint density at radius 1 is 0.868 bits per heavy atom.